The molecule has 0 aromatic carbocycles. The molecule has 1 saturated heterocycles. The van der Waals surface area contributed by atoms with Gasteiger partial charge in [-0.05, 0) is 12.8 Å². The molecule has 2 aromatic heterocycles. The molecule has 0 aliphatic carbocycles. The van der Waals surface area contributed by atoms with Gasteiger partial charge in [-0.1, -0.05) is 25.6 Å². The third-order valence-corrected chi connectivity index (χ3v) is 5.58. The van der Waals surface area contributed by atoms with E-state index in [1.807, 2.05) is 12.3 Å². The molecule has 2 aromatic rings. The minimum absolute atomic E-state index is 0.0867. The average molecular weight is 397 g/mol. The fourth-order valence-corrected chi connectivity index (χ4v) is 4.05. The molecule has 1 aliphatic heterocycles. The second-order valence-corrected chi connectivity index (χ2v) is 8.32. The van der Waals surface area contributed by atoms with E-state index in [4.69, 9.17) is 4.74 Å². The highest BCUT2D eigenvalue weighted by Crippen LogP contribution is 2.24. The van der Waals surface area contributed by atoms with Gasteiger partial charge in [-0.15, -0.1) is 21.5 Å². The third-order valence-electron chi connectivity index (χ3n) is 3.74. The molecule has 0 spiro atoms. The minimum atomic E-state index is -0.0867. The van der Waals surface area contributed by atoms with Crippen molar-refractivity contribution in [2.75, 3.05) is 42.3 Å². The quantitative estimate of drug-likeness (QED) is 0.719. The van der Waals surface area contributed by atoms with E-state index in [0.717, 1.165) is 36.4 Å². The summed E-state index contributed by atoms with van der Waals surface area (Å²) in [5.41, 5.74) is 0.907. The van der Waals surface area contributed by atoms with Crippen LogP contribution in [0.4, 0.5) is 11.1 Å². The summed E-state index contributed by atoms with van der Waals surface area (Å²) in [4.78, 5) is 18.6. The number of carbonyl (C=O) groups excluding carboxylic acids is 1. The Kier molecular flexibility index (Phi) is 6.49. The van der Waals surface area contributed by atoms with Gasteiger partial charge in [-0.3, -0.25) is 9.36 Å². The monoisotopic (exact) mass is 396 g/mol. The lowest BCUT2D eigenvalue weighted by molar-refractivity contribution is -0.113. The summed E-state index contributed by atoms with van der Waals surface area (Å²) >= 11 is 2.83. The van der Waals surface area contributed by atoms with Crippen molar-refractivity contribution in [3.63, 3.8) is 0 Å². The second kappa shape index (κ2) is 8.83. The Labute approximate surface area is 161 Å². The first-order chi connectivity index (χ1) is 12.5. The Morgan fingerprint density at radius 2 is 2.15 bits per heavy atom. The number of aryl methyl sites for hydroxylation is 1. The van der Waals surface area contributed by atoms with E-state index in [1.54, 1.807) is 0 Å². The molecular weight excluding hydrogens is 372 g/mol. The number of morpholine rings is 1. The molecule has 1 fully saturated rings. The van der Waals surface area contributed by atoms with Crippen molar-refractivity contribution >= 4 is 40.1 Å². The predicted octanol–water partition coefficient (Wildman–Crippen LogP) is 2.27. The maximum Gasteiger partial charge on any atom is 0.236 e. The first-order valence-corrected chi connectivity index (χ1v) is 10.5. The highest BCUT2D eigenvalue weighted by atomic mass is 32.2. The first kappa shape index (κ1) is 19.1. The van der Waals surface area contributed by atoms with Gasteiger partial charge in [0.2, 0.25) is 11.9 Å². The van der Waals surface area contributed by atoms with E-state index in [0.29, 0.717) is 24.3 Å². The number of hydrogen-bond acceptors (Lipinski definition) is 8. The molecule has 3 rings (SSSR count). The Hall–Kier alpha value is -1.65. The number of anilines is 2. The number of rotatable bonds is 7. The number of aromatic nitrogens is 4. The van der Waals surface area contributed by atoms with Crippen LogP contribution >= 0.6 is 23.1 Å². The van der Waals surface area contributed by atoms with Crippen molar-refractivity contribution in [2.45, 2.75) is 32.5 Å². The zero-order chi connectivity index (χ0) is 18.5. The number of hydrogen-bond donors (Lipinski definition) is 1. The van der Waals surface area contributed by atoms with E-state index in [-0.39, 0.29) is 11.7 Å². The van der Waals surface area contributed by atoms with Crippen LogP contribution in [0.25, 0.3) is 0 Å². The van der Waals surface area contributed by atoms with E-state index < -0.39 is 0 Å². The summed E-state index contributed by atoms with van der Waals surface area (Å²) in [6, 6.07) is 0. The molecule has 3 heterocycles. The molecule has 0 radical (unpaired) electrons. The molecule has 0 bridgehead atoms. The largest absolute Gasteiger partial charge is 0.378 e. The SMILES string of the molecule is Cc1csc(NC(=O)CSc2nnc(N3CCOCC3)n2CC(C)C)n1. The van der Waals surface area contributed by atoms with Gasteiger partial charge in [-0.2, -0.15) is 0 Å². The van der Waals surface area contributed by atoms with Gasteiger partial charge in [0.25, 0.3) is 0 Å². The van der Waals surface area contributed by atoms with Crippen LogP contribution < -0.4 is 10.2 Å². The van der Waals surface area contributed by atoms with Crippen LogP contribution in [0.1, 0.15) is 19.5 Å². The number of ether oxygens (including phenoxy) is 1. The lowest BCUT2D eigenvalue weighted by Gasteiger charge is -2.28. The van der Waals surface area contributed by atoms with Crippen molar-refractivity contribution in [1.82, 2.24) is 19.7 Å². The van der Waals surface area contributed by atoms with E-state index in [2.05, 4.69) is 43.8 Å². The van der Waals surface area contributed by atoms with Crippen LogP contribution in [0.15, 0.2) is 10.5 Å². The van der Waals surface area contributed by atoms with Gasteiger partial charge in [0.15, 0.2) is 10.3 Å². The number of thiazole rings is 1. The van der Waals surface area contributed by atoms with E-state index in [1.165, 1.54) is 23.1 Å². The van der Waals surface area contributed by atoms with Crippen molar-refractivity contribution < 1.29 is 9.53 Å². The number of amides is 1. The zero-order valence-corrected chi connectivity index (χ0v) is 16.9. The topological polar surface area (TPSA) is 85.2 Å². The van der Waals surface area contributed by atoms with Gasteiger partial charge in [0, 0.05) is 25.0 Å². The molecule has 26 heavy (non-hydrogen) atoms. The molecule has 1 aliphatic rings. The molecule has 0 unspecified atom stereocenters. The highest BCUT2D eigenvalue weighted by Gasteiger charge is 2.21. The summed E-state index contributed by atoms with van der Waals surface area (Å²) in [5, 5.41) is 14.8. The minimum Gasteiger partial charge on any atom is -0.378 e. The van der Waals surface area contributed by atoms with Crippen LogP contribution in [0.2, 0.25) is 0 Å². The molecule has 1 amide bonds. The van der Waals surface area contributed by atoms with Gasteiger partial charge >= 0.3 is 0 Å². The van der Waals surface area contributed by atoms with Crippen LogP contribution in [0, 0.1) is 12.8 Å². The molecule has 142 valence electrons. The summed E-state index contributed by atoms with van der Waals surface area (Å²) in [5.74, 6) is 1.51. The van der Waals surface area contributed by atoms with Crippen molar-refractivity contribution in [2.24, 2.45) is 5.92 Å². The Morgan fingerprint density at radius 3 is 2.81 bits per heavy atom. The highest BCUT2D eigenvalue weighted by molar-refractivity contribution is 7.99. The number of nitrogens with one attached hydrogen (secondary N) is 1. The summed E-state index contributed by atoms with van der Waals surface area (Å²) < 4.78 is 7.54. The molecule has 8 nitrogen and oxygen atoms in total. The molecular formula is C16H24N6O2S2. The lowest BCUT2D eigenvalue weighted by atomic mass is 10.2. The average Bonchev–Trinajstić information content (AvgIpc) is 3.19. The molecule has 0 saturated carbocycles. The lowest BCUT2D eigenvalue weighted by Crippen LogP contribution is -2.38. The molecule has 10 heteroatoms. The fraction of sp³-hybridized carbons (Fsp3) is 0.625. The molecule has 0 atom stereocenters. The zero-order valence-electron chi connectivity index (χ0n) is 15.3. The van der Waals surface area contributed by atoms with Crippen LogP contribution in [0.3, 0.4) is 0 Å². The van der Waals surface area contributed by atoms with Crippen molar-refractivity contribution in [1.29, 1.82) is 0 Å². The van der Waals surface area contributed by atoms with E-state index >= 15 is 0 Å². The smallest absolute Gasteiger partial charge is 0.236 e. The van der Waals surface area contributed by atoms with E-state index in [9.17, 15) is 4.79 Å². The molecule has 1 N–H and O–H groups in total. The first-order valence-electron chi connectivity index (χ1n) is 8.63. The normalized spacial score (nSPS) is 14.8. The van der Waals surface area contributed by atoms with Crippen molar-refractivity contribution in [3.8, 4) is 0 Å². The Morgan fingerprint density at radius 1 is 1.38 bits per heavy atom. The van der Waals surface area contributed by atoms with Gasteiger partial charge in [0.1, 0.15) is 0 Å². The summed E-state index contributed by atoms with van der Waals surface area (Å²) in [6.07, 6.45) is 0. The summed E-state index contributed by atoms with van der Waals surface area (Å²) in [6.45, 7) is 10.1. The summed E-state index contributed by atoms with van der Waals surface area (Å²) in [7, 11) is 0. The maximum absolute atomic E-state index is 12.2. The fourth-order valence-electron chi connectivity index (χ4n) is 2.61. The Balaban J connectivity index is 1.66. The van der Waals surface area contributed by atoms with Crippen LogP contribution in [0.5, 0.6) is 0 Å². The second-order valence-electron chi connectivity index (χ2n) is 6.52. The van der Waals surface area contributed by atoms with Gasteiger partial charge < -0.3 is 15.0 Å². The predicted molar refractivity (Wildman–Crippen MR) is 104 cm³/mol. The maximum atomic E-state index is 12.2. The van der Waals surface area contributed by atoms with Gasteiger partial charge in [-0.25, -0.2) is 4.98 Å². The number of carbonyl (C=O) groups is 1. The van der Waals surface area contributed by atoms with Crippen LogP contribution in [-0.2, 0) is 16.1 Å². The van der Waals surface area contributed by atoms with Gasteiger partial charge in [0.05, 0.1) is 24.7 Å². The van der Waals surface area contributed by atoms with Crippen LogP contribution in [-0.4, -0.2) is 57.7 Å². The third kappa shape index (κ3) is 4.95. The number of nitrogens with zero attached hydrogens (tertiary/aromatic N) is 5. The van der Waals surface area contributed by atoms with Crippen molar-refractivity contribution in [3.05, 3.63) is 11.1 Å². The number of thioether (sulfide) groups is 1. The Bertz CT molecular complexity index is 739. The standard InChI is InChI=1S/C16H24N6O2S2/c1-11(2)8-22-15(21-4-6-24-7-5-21)19-20-16(22)26-10-13(23)18-14-17-12(3)9-25-14/h9,11H,4-8,10H2,1-3H3,(H,17,18,23).